The van der Waals surface area contributed by atoms with Gasteiger partial charge >= 0.3 is 0 Å². The minimum absolute atomic E-state index is 0.154. The monoisotopic (exact) mass is 351 g/mol. The molecule has 2 aromatic rings. The van der Waals surface area contributed by atoms with Gasteiger partial charge in [0.2, 0.25) is 10.0 Å². The molecule has 5 nitrogen and oxygen atoms in total. The minimum atomic E-state index is -3.56. The molecule has 2 aromatic carbocycles. The molecule has 0 aliphatic carbocycles. The molecule has 0 fully saturated rings. The maximum Gasteiger partial charge on any atom is 0.240 e. The highest BCUT2D eigenvalue weighted by molar-refractivity contribution is 7.98. The normalized spacial score (nSPS) is 17.0. The topological polar surface area (TPSA) is 64.6 Å². The fourth-order valence-electron chi connectivity index (χ4n) is 2.20. The summed E-state index contributed by atoms with van der Waals surface area (Å²) in [6.07, 6.45) is 1.59. The maximum atomic E-state index is 12.3. The van der Waals surface area contributed by atoms with E-state index in [0.29, 0.717) is 18.1 Å². The van der Waals surface area contributed by atoms with Crippen LogP contribution in [0.2, 0.25) is 0 Å². The Hall–Kier alpha value is -1.70. The van der Waals surface area contributed by atoms with Crippen molar-refractivity contribution in [2.45, 2.75) is 15.9 Å². The summed E-state index contributed by atoms with van der Waals surface area (Å²) in [5.41, 5.74) is 0. The van der Waals surface area contributed by atoms with Crippen LogP contribution in [0.25, 0.3) is 0 Å². The van der Waals surface area contributed by atoms with Crippen molar-refractivity contribution in [1.29, 1.82) is 0 Å². The van der Waals surface area contributed by atoms with Crippen LogP contribution in [0.3, 0.4) is 0 Å². The van der Waals surface area contributed by atoms with Crippen LogP contribution in [0, 0.1) is 0 Å². The molecule has 1 heterocycles. The Bertz CT molecular complexity index is 775. The lowest BCUT2D eigenvalue weighted by molar-refractivity contribution is 0.0943. The highest BCUT2D eigenvalue weighted by Crippen LogP contribution is 2.30. The van der Waals surface area contributed by atoms with Gasteiger partial charge in [0.15, 0.2) is 11.5 Å². The van der Waals surface area contributed by atoms with Gasteiger partial charge in [0, 0.05) is 4.90 Å². The van der Waals surface area contributed by atoms with Gasteiger partial charge in [-0.15, -0.1) is 11.8 Å². The average molecular weight is 351 g/mol. The number of rotatable bonds is 5. The van der Waals surface area contributed by atoms with Gasteiger partial charge in [-0.2, -0.15) is 0 Å². The molecule has 122 valence electrons. The Balaban J connectivity index is 1.63. The summed E-state index contributed by atoms with van der Waals surface area (Å²) in [6, 6.07) is 14.1. The Morgan fingerprint density at radius 2 is 1.83 bits per heavy atom. The van der Waals surface area contributed by atoms with Gasteiger partial charge in [0.05, 0.1) is 11.4 Å². The number of sulfonamides is 1. The van der Waals surface area contributed by atoms with E-state index in [9.17, 15) is 8.42 Å². The molecule has 7 heteroatoms. The predicted molar refractivity (Wildman–Crippen MR) is 89.8 cm³/mol. The summed E-state index contributed by atoms with van der Waals surface area (Å²) in [4.78, 5) is 1.26. The van der Waals surface area contributed by atoms with Gasteiger partial charge in [0.25, 0.3) is 0 Å². The van der Waals surface area contributed by atoms with E-state index in [4.69, 9.17) is 9.47 Å². The van der Waals surface area contributed by atoms with E-state index in [1.807, 2.05) is 24.5 Å². The van der Waals surface area contributed by atoms with Crippen molar-refractivity contribution >= 4 is 21.8 Å². The molecule has 1 atom stereocenters. The van der Waals surface area contributed by atoms with Crippen LogP contribution in [-0.4, -0.2) is 33.9 Å². The molecule has 1 aliphatic heterocycles. The lowest BCUT2D eigenvalue weighted by Crippen LogP contribution is -2.40. The van der Waals surface area contributed by atoms with Crippen LogP contribution >= 0.6 is 11.8 Å². The van der Waals surface area contributed by atoms with Crippen LogP contribution in [-0.2, 0) is 10.0 Å². The third-order valence-corrected chi connectivity index (χ3v) is 5.62. The van der Waals surface area contributed by atoms with Gasteiger partial charge in [0.1, 0.15) is 12.7 Å². The summed E-state index contributed by atoms with van der Waals surface area (Å²) < 4.78 is 38.5. The second-order valence-corrected chi connectivity index (χ2v) is 7.67. The Kier molecular flexibility index (Phi) is 4.79. The number of hydrogen-bond acceptors (Lipinski definition) is 5. The van der Waals surface area contributed by atoms with Crippen molar-refractivity contribution in [1.82, 2.24) is 4.72 Å². The second kappa shape index (κ2) is 6.82. The van der Waals surface area contributed by atoms with E-state index < -0.39 is 10.0 Å². The van der Waals surface area contributed by atoms with E-state index in [1.54, 1.807) is 42.1 Å². The zero-order valence-corrected chi connectivity index (χ0v) is 14.2. The predicted octanol–water partition coefficient (Wildman–Crippen LogP) is 2.53. The Labute approximate surface area is 140 Å². The summed E-state index contributed by atoms with van der Waals surface area (Å²) >= 11 is 1.57. The lowest BCUT2D eigenvalue weighted by Gasteiger charge is -2.26. The smallest absolute Gasteiger partial charge is 0.240 e. The third kappa shape index (κ3) is 3.80. The van der Waals surface area contributed by atoms with Crippen LogP contribution in [0.15, 0.2) is 58.3 Å². The Morgan fingerprint density at radius 1 is 1.13 bits per heavy atom. The molecule has 23 heavy (non-hydrogen) atoms. The number of benzene rings is 2. The quantitative estimate of drug-likeness (QED) is 0.839. The van der Waals surface area contributed by atoms with Crippen molar-refractivity contribution < 1.29 is 17.9 Å². The third-order valence-electron chi connectivity index (χ3n) is 3.44. The molecular weight excluding hydrogens is 334 g/mol. The molecular formula is C16H17NO4S2. The molecule has 0 bridgehead atoms. The summed E-state index contributed by atoms with van der Waals surface area (Å²) in [5, 5.41) is 0. The van der Waals surface area contributed by atoms with E-state index >= 15 is 0 Å². The Morgan fingerprint density at radius 3 is 2.52 bits per heavy atom. The lowest BCUT2D eigenvalue weighted by atomic mass is 10.2. The molecule has 0 saturated carbocycles. The molecule has 1 N–H and O–H groups in total. The zero-order valence-electron chi connectivity index (χ0n) is 12.6. The first kappa shape index (κ1) is 16.2. The van der Waals surface area contributed by atoms with Crippen LogP contribution in [0.5, 0.6) is 11.5 Å². The highest BCUT2D eigenvalue weighted by Gasteiger charge is 2.23. The molecule has 1 unspecified atom stereocenters. The number of nitrogens with one attached hydrogen (secondary N) is 1. The van der Waals surface area contributed by atoms with E-state index in [-0.39, 0.29) is 17.5 Å². The molecule has 0 saturated heterocycles. The van der Waals surface area contributed by atoms with E-state index in [2.05, 4.69) is 4.72 Å². The van der Waals surface area contributed by atoms with Gasteiger partial charge in [-0.05, 0) is 42.7 Å². The SMILES string of the molecule is CSc1ccc(S(=O)(=O)NCC2COc3ccccc3O2)cc1. The van der Waals surface area contributed by atoms with Crippen LogP contribution in [0.4, 0.5) is 0 Å². The van der Waals surface area contributed by atoms with E-state index in [1.165, 1.54) is 0 Å². The fourth-order valence-corrected chi connectivity index (χ4v) is 3.68. The first-order valence-corrected chi connectivity index (χ1v) is 9.81. The van der Waals surface area contributed by atoms with Gasteiger partial charge in [-0.25, -0.2) is 13.1 Å². The first-order chi connectivity index (χ1) is 11.1. The minimum Gasteiger partial charge on any atom is -0.486 e. The van der Waals surface area contributed by atoms with Crippen LogP contribution in [0.1, 0.15) is 0 Å². The summed E-state index contributed by atoms with van der Waals surface area (Å²) in [7, 11) is -3.56. The largest absolute Gasteiger partial charge is 0.486 e. The van der Waals surface area contributed by atoms with Crippen LogP contribution < -0.4 is 14.2 Å². The molecule has 0 amide bonds. The van der Waals surface area contributed by atoms with Gasteiger partial charge < -0.3 is 9.47 Å². The number of thioether (sulfide) groups is 1. The van der Waals surface area contributed by atoms with Crippen molar-refractivity contribution in [3.63, 3.8) is 0 Å². The van der Waals surface area contributed by atoms with E-state index in [0.717, 1.165) is 4.90 Å². The number of fused-ring (bicyclic) bond motifs is 1. The average Bonchev–Trinajstić information content (AvgIpc) is 2.60. The molecule has 0 aromatic heterocycles. The fraction of sp³-hybridized carbons (Fsp3) is 0.250. The molecule has 1 aliphatic rings. The first-order valence-electron chi connectivity index (χ1n) is 7.11. The number of hydrogen-bond donors (Lipinski definition) is 1. The summed E-state index contributed by atoms with van der Waals surface area (Å²) in [6.45, 7) is 0.464. The van der Waals surface area contributed by atoms with Crippen molar-refractivity contribution in [2.24, 2.45) is 0 Å². The number of para-hydroxylation sites is 2. The van der Waals surface area contributed by atoms with Gasteiger partial charge in [-0.3, -0.25) is 0 Å². The standard InChI is InChI=1S/C16H17NO4S2/c1-22-13-6-8-14(9-7-13)23(18,19)17-10-12-11-20-15-4-2-3-5-16(15)21-12/h2-9,12,17H,10-11H2,1H3. The number of ether oxygens (including phenoxy) is 2. The van der Waals surface area contributed by atoms with Crippen molar-refractivity contribution in [2.75, 3.05) is 19.4 Å². The molecule has 0 radical (unpaired) electrons. The van der Waals surface area contributed by atoms with Crippen molar-refractivity contribution in [3.05, 3.63) is 48.5 Å². The summed E-state index contributed by atoms with van der Waals surface area (Å²) in [5.74, 6) is 1.31. The highest BCUT2D eigenvalue weighted by atomic mass is 32.2. The second-order valence-electron chi connectivity index (χ2n) is 5.03. The van der Waals surface area contributed by atoms with Gasteiger partial charge in [-0.1, -0.05) is 12.1 Å². The van der Waals surface area contributed by atoms with Crippen molar-refractivity contribution in [3.8, 4) is 11.5 Å². The molecule has 3 rings (SSSR count). The molecule has 0 spiro atoms. The zero-order chi connectivity index (χ0) is 16.3. The maximum absolute atomic E-state index is 12.3.